The average Bonchev–Trinajstić information content (AvgIpc) is 3.09. The topological polar surface area (TPSA) is 167 Å². The van der Waals surface area contributed by atoms with Gasteiger partial charge in [-0.3, -0.25) is 14.4 Å². The summed E-state index contributed by atoms with van der Waals surface area (Å²) in [4.78, 5) is 49.4. The third-order valence-corrected chi connectivity index (χ3v) is 6.04. The highest BCUT2D eigenvalue weighted by molar-refractivity contribution is 6.09. The third kappa shape index (κ3) is 18.5. The molecular weight excluding hydrogens is 688 g/mol. The van der Waals surface area contributed by atoms with Crippen molar-refractivity contribution in [3.63, 3.8) is 0 Å². The SMILES string of the molecule is C=CCOc1c(C(=O)Nc2ccc(C(=O)OC(C)(C)C)cc2)ccc(NC(=O)c2ccc(NC=O)cc2)c1OC(C)C.CC.CC(C)OC(C)(C)C.CN. The van der Waals surface area contributed by atoms with Gasteiger partial charge in [-0.15, -0.1) is 0 Å². The predicted molar refractivity (Wildman–Crippen MR) is 219 cm³/mol. The third-order valence-electron chi connectivity index (χ3n) is 6.04. The monoisotopic (exact) mass is 750 g/mol. The maximum atomic E-state index is 13.4. The van der Waals surface area contributed by atoms with Gasteiger partial charge in [0.1, 0.15) is 12.2 Å². The molecule has 12 heteroatoms. The minimum absolute atomic E-state index is 0.0220. The molecule has 0 spiro atoms. The highest BCUT2D eigenvalue weighted by Crippen LogP contribution is 2.40. The van der Waals surface area contributed by atoms with E-state index in [0.717, 1.165) is 0 Å². The molecule has 3 aromatic carbocycles. The van der Waals surface area contributed by atoms with Crippen LogP contribution in [0.5, 0.6) is 11.5 Å². The molecular formula is C42H62N4O8. The van der Waals surface area contributed by atoms with Gasteiger partial charge >= 0.3 is 5.97 Å². The van der Waals surface area contributed by atoms with Gasteiger partial charge in [0.25, 0.3) is 11.8 Å². The molecule has 3 amide bonds. The van der Waals surface area contributed by atoms with Crippen LogP contribution >= 0.6 is 0 Å². The number of ether oxygens (including phenoxy) is 4. The van der Waals surface area contributed by atoms with E-state index in [1.165, 1.54) is 19.2 Å². The van der Waals surface area contributed by atoms with Crippen LogP contribution in [0, 0.1) is 0 Å². The Balaban J connectivity index is 0.00000204. The van der Waals surface area contributed by atoms with E-state index < -0.39 is 23.4 Å². The number of hydrogen-bond donors (Lipinski definition) is 4. The van der Waals surface area contributed by atoms with Crippen molar-refractivity contribution in [1.29, 1.82) is 0 Å². The molecule has 0 aromatic heterocycles. The van der Waals surface area contributed by atoms with E-state index in [4.69, 9.17) is 18.9 Å². The second kappa shape index (κ2) is 24.2. The summed E-state index contributed by atoms with van der Waals surface area (Å²) in [5.41, 5.74) is 6.01. The van der Waals surface area contributed by atoms with Gasteiger partial charge in [0.2, 0.25) is 6.41 Å². The van der Waals surface area contributed by atoms with Crippen molar-refractivity contribution < 1.29 is 38.1 Å². The van der Waals surface area contributed by atoms with Crippen LogP contribution in [0.15, 0.2) is 73.3 Å². The fraction of sp³-hybridized carbons (Fsp3) is 0.429. The van der Waals surface area contributed by atoms with Crippen molar-refractivity contribution >= 4 is 41.3 Å². The molecule has 0 bridgehead atoms. The summed E-state index contributed by atoms with van der Waals surface area (Å²) in [5, 5.41) is 8.13. The lowest BCUT2D eigenvalue weighted by molar-refractivity contribution is -0.105. The lowest BCUT2D eigenvalue weighted by Gasteiger charge is -2.22. The number of benzene rings is 3. The summed E-state index contributed by atoms with van der Waals surface area (Å²) in [6.45, 7) is 27.0. The zero-order chi connectivity index (χ0) is 41.6. The molecule has 0 atom stereocenters. The molecule has 0 radical (unpaired) electrons. The second-order valence-electron chi connectivity index (χ2n) is 13.7. The van der Waals surface area contributed by atoms with E-state index in [-0.39, 0.29) is 35.4 Å². The van der Waals surface area contributed by atoms with Crippen LogP contribution in [0.25, 0.3) is 0 Å². The van der Waals surface area contributed by atoms with E-state index >= 15 is 0 Å². The maximum Gasteiger partial charge on any atom is 0.338 e. The van der Waals surface area contributed by atoms with E-state index in [1.54, 1.807) is 89.2 Å². The quantitative estimate of drug-likeness (QED) is 0.0758. The summed E-state index contributed by atoms with van der Waals surface area (Å²) >= 11 is 0. The molecule has 5 N–H and O–H groups in total. The largest absolute Gasteiger partial charge is 0.485 e. The molecule has 0 heterocycles. The van der Waals surface area contributed by atoms with Crippen molar-refractivity contribution in [2.24, 2.45) is 5.73 Å². The minimum Gasteiger partial charge on any atom is -0.485 e. The summed E-state index contributed by atoms with van der Waals surface area (Å²) in [6.07, 6.45) is 2.09. The van der Waals surface area contributed by atoms with Gasteiger partial charge in [0.05, 0.1) is 34.6 Å². The summed E-state index contributed by atoms with van der Waals surface area (Å²) in [5.74, 6) is -1.11. The summed E-state index contributed by atoms with van der Waals surface area (Å²) in [7, 11) is 1.50. The standard InChI is InChI=1S/C32H35N3O7.C7H16O.C2H6.CH5N/c1-7-18-40-27-25(30(38)34-24-14-10-22(11-15-24)31(39)42-32(4,5)6)16-17-26(28(27)41-20(2)3)35-29(37)21-8-12-23(13-9-21)33-19-36;1-6(2)8-7(3,4)5;2*1-2/h7-17,19-20H,1,18H2,2-6H3,(H,33,36)(H,34,38)(H,35,37);6H,1-5H3;1-2H3;2H2,1H3. The first kappa shape index (κ1) is 48.8. The van der Waals surface area contributed by atoms with E-state index in [1.807, 2.05) is 27.7 Å². The number of nitrogens with one attached hydrogen (secondary N) is 3. The Labute approximate surface area is 322 Å². The van der Waals surface area contributed by atoms with Gasteiger partial charge in [-0.05, 0) is 137 Å². The number of anilines is 3. The predicted octanol–water partition coefficient (Wildman–Crippen LogP) is 8.88. The van der Waals surface area contributed by atoms with Crippen molar-refractivity contribution in [3.8, 4) is 11.5 Å². The van der Waals surface area contributed by atoms with Crippen LogP contribution in [0.4, 0.5) is 17.1 Å². The fourth-order valence-electron chi connectivity index (χ4n) is 4.39. The van der Waals surface area contributed by atoms with Gasteiger partial charge in [-0.2, -0.15) is 0 Å². The van der Waals surface area contributed by atoms with Crippen molar-refractivity contribution in [3.05, 3.63) is 90.0 Å². The molecule has 0 fully saturated rings. The molecule has 0 aliphatic rings. The number of hydrogen-bond acceptors (Lipinski definition) is 9. The number of nitrogens with two attached hydrogens (primary N) is 1. The second-order valence-corrected chi connectivity index (χ2v) is 13.7. The first-order valence-electron chi connectivity index (χ1n) is 17.9. The fourth-order valence-corrected chi connectivity index (χ4v) is 4.39. The minimum atomic E-state index is -0.633. The van der Waals surface area contributed by atoms with Crippen LogP contribution in [0.2, 0.25) is 0 Å². The number of carbonyl (C=O) groups excluding carboxylic acids is 4. The number of esters is 1. The normalized spacial score (nSPS) is 10.5. The molecule has 0 saturated heterocycles. The molecule has 0 unspecified atom stereocenters. The van der Waals surface area contributed by atoms with E-state index in [2.05, 4.69) is 49.0 Å². The van der Waals surface area contributed by atoms with Gasteiger partial charge in [0.15, 0.2) is 11.5 Å². The highest BCUT2D eigenvalue weighted by Gasteiger charge is 2.24. The molecule has 0 aliphatic carbocycles. The molecule has 12 nitrogen and oxygen atoms in total. The lowest BCUT2D eigenvalue weighted by Crippen LogP contribution is -2.23. The van der Waals surface area contributed by atoms with Gasteiger partial charge in [0, 0.05) is 16.9 Å². The first-order chi connectivity index (χ1) is 25.3. The van der Waals surface area contributed by atoms with Crippen LogP contribution < -0.4 is 31.2 Å². The number of amides is 3. The van der Waals surface area contributed by atoms with E-state index in [9.17, 15) is 19.2 Å². The Hall–Kier alpha value is -5.20. The van der Waals surface area contributed by atoms with Crippen LogP contribution in [0.3, 0.4) is 0 Å². The summed E-state index contributed by atoms with van der Waals surface area (Å²) in [6, 6.07) is 15.7. The molecule has 54 heavy (non-hydrogen) atoms. The molecule has 298 valence electrons. The van der Waals surface area contributed by atoms with Crippen molar-refractivity contribution in [2.75, 3.05) is 29.6 Å². The van der Waals surface area contributed by atoms with Crippen molar-refractivity contribution in [2.45, 2.75) is 106 Å². The Morgan fingerprint density at radius 1 is 0.722 bits per heavy atom. The zero-order valence-corrected chi connectivity index (χ0v) is 34.3. The smallest absolute Gasteiger partial charge is 0.338 e. The number of carbonyl (C=O) groups is 4. The number of rotatable bonds is 13. The van der Waals surface area contributed by atoms with Crippen LogP contribution in [0.1, 0.15) is 114 Å². The van der Waals surface area contributed by atoms with E-state index in [0.29, 0.717) is 40.7 Å². The summed E-state index contributed by atoms with van der Waals surface area (Å²) < 4.78 is 22.7. The van der Waals surface area contributed by atoms with Gasteiger partial charge < -0.3 is 40.6 Å². The Morgan fingerprint density at radius 3 is 1.70 bits per heavy atom. The van der Waals surface area contributed by atoms with Crippen LogP contribution in [-0.2, 0) is 14.3 Å². The highest BCUT2D eigenvalue weighted by atomic mass is 16.6. The van der Waals surface area contributed by atoms with Gasteiger partial charge in [-0.1, -0.05) is 26.5 Å². The lowest BCUT2D eigenvalue weighted by atomic mass is 10.1. The van der Waals surface area contributed by atoms with Crippen molar-refractivity contribution in [1.82, 2.24) is 0 Å². The maximum absolute atomic E-state index is 13.4. The molecule has 3 rings (SSSR count). The van der Waals surface area contributed by atoms with Crippen LogP contribution in [-0.4, -0.2) is 61.3 Å². The molecule has 3 aromatic rings. The zero-order valence-electron chi connectivity index (χ0n) is 34.3. The van der Waals surface area contributed by atoms with Gasteiger partial charge in [-0.25, -0.2) is 4.79 Å². The first-order valence-corrected chi connectivity index (χ1v) is 17.9. The Morgan fingerprint density at radius 2 is 1.26 bits per heavy atom. The Bertz CT molecular complexity index is 1610. The molecule has 0 saturated carbocycles. The Kier molecular flexibility index (Phi) is 21.9. The average molecular weight is 751 g/mol. The molecule has 0 aliphatic heterocycles.